The van der Waals surface area contributed by atoms with Crippen LogP contribution in [0.15, 0.2) is 42.7 Å². The third kappa shape index (κ3) is 1.68. The number of aryl methyl sites for hydroxylation is 2. The Bertz CT molecular complexity index is 466. The van der Waals surface area contributed by atoms with Crippen LogP contribution >= 0.6 is 0 Å². The van der Waals surface area contributed by atoms with Crippen LogP contribution in [0, 0.1) is 0 Å². The lowest BCUT2D eigenvalue weighted by molar-refractivity contribution is -0.672. The molecule has 0 aliphatic rings. The summed E-state index contributed by atoms with van der Waals surface area (Å²) in [6, 6.07) is 9.30. The molecule has 76 valence electrons. The summed E-state index contributed by atoms with van der Waals surface area (Å²) < 4.78 is 3.66. The van der Waals surface area contributed by atoms with Crippen LogP contribution in [0.5, 0.6) is 0 Å². The highest BCUT2D eigenvalue weighted by molar-refractivity contribution is 6.05. The molecule has 0 saturated heterocycles. The molecule has 3 heteroatoms. The zero-order valence-electron chi connectivity index (χ0n) is 8.84. The Morgan fingerprint density at radius 1 is 1.27 bits per heavy atom. The second-order valence-electron chi connectivity index (χ2n) is 3.54. The highest BCUT2D eigenvalue weighted by atomic mass is 16.1. The number of aromatic nitrogens is 2. The summed E-state index contributed by atoms with van der Waals surface area (Å²) in [5.74, 6) is 0.729. The number of rotatable bonds is 2. The highest BCUT2D eigenvalue weighted by Gasteiger charge is 2.22. The molecule has 0 unspecified atom stereocenters. The summed E-state index contributed by atoms with van der Waals surface area (Å²) in [5, 5.41) is 0. The zero-order chi connectivity index (χ0) is 10.8. The van der Waals surface area contributed by atoms with Gasteiger partial charge in [0.2, 0.25) is 0 Å². The van der Waals surface area contributed by atoms with Crippen LogP contribution in [0.3, 0.4) is 0 Å². The Labute approximate surface area is 88.6 Å². The van der Waals surface area contributed by atoms with E-state index in [1.54, 1.807) is 0 Å². The summed E-state index contributed by atoms with van der Waals surface area (Å²) in [7, 11) is 3.74. The zero-order valence-corrected chi connectivity index (χ0v) is 8.84. The van der Waals surface area contributed by atoms with Crippen LogP contribution in [0.2, 0.25) is 0 Å². The van der Waals surface area contributed by atoms with Gasteiger partial charge in [0.1, 0.15) is 12.4 Å². The SMILES string of the molecule is Cn1cc[n+](C)c1C(=O)c1ccccc1. The van der Waals surface area contributed by atoms with Crippen LogP contribution in [0.25, 0.3) is 0 Å². The fourth-order valence-electron chi connectivity index (χ4n) is 1.63. The maximum atomic E-state index is 12.1. The van der Waals surface area contributed by atoms with Crippen molar-refractivity contribution in [3.63, 3.8) is 0 Å². The van der Waals surface area contributed by atoms with Gasteiger partial charge in [-0.15, -0.1) is 0 Å². The van der Waals surface area contributed by atoms with Gasteiger partial charge in [-0.3, -0.25) is 4.79 Å². The molecule has 0 aliphatic carbocycles. The normalized spacial score (nSPS) is 10.3. The van der Waals surface area contributed by atoms with Gasteiger partial charge >= 0.3 is 5.82 Å². The van der Waals surface area contributed by atoms with E-state index in [0.717, 1.165) is 5.56 Å². The van der Waals surface area contributed by atoms with Gasteiger partial charge in [0.25, 0.3) is 5.78 Å². The molecule has 0 radical (unpaired) electrons. The van der Waals surface area contributed by atoms with E-state index in [4.69, 9.17) is 0 Å². The van der Waals surface area contributed by atoms with E-state index >= 15 is 0 Å². The van der Waals surface area contributed by atoms with E-state index in [2.05, 4.69) is 0 Å². The minimum absolute atomic E-state index is 0.0469. The van der Waals surface area contributed by atoms with Crippen molar-refractivity contribution in [1.82, 2.24) is 4.57 Å². The second-order valence-corrected chi connectivity index (χ2v) is 3.54. The van der Waals surface area contributed by atoms with Crippen molar-refractivity contribution >= 4 is 5.78 Å². The molecule has 15 heavy (non-hydrogen) atoms. The molecule has 1 aromatic carbocycles. The highest BCUT2D eigenvalue weighted by Crippen LogP contribution is 2.05. The standard InChI is InChI=1S/C12H13N2O/c1-13-8-9-14(2)12(13)11(15)10-6-4-3-5-7-10/h3-9H,1-2H3/q+1. The predicted molar refractivity (Wildman–Crippen MR) is 56.5 cm³/mol. The van der Waals surface area contributed by atoms with Gasteiger partial charge in [-0.05, 0) is 0 Å². The number of carbonyl (C=O) groups excluding carboxylic acids is 1. The van der Waals surface area contributed by atoms with Gasteiger partial charge in [0.15, 0.2) is 0 Å². The average molecular weight is 201 g/mol. The lowest BCUT2D eigenvalue weighted by atomic mass is 10.1. The Morgan fingerprint density at radius 2 is 1.93 bits per heavy atom. The van der Waals surface area contributed by atoms with Crippen LogP contribution in [-0.2, 0) is 14.1 Å². The molecule has 0 aliphatic heterocycles. The summed E-state index contributed by atoms with van der Waals surface area (Å²) in [6.45, 7) is 0. The Kier molecular flexibility index (Phi) is 2.37. The number of benzene rings is 1. The maximum absolute atomic E-state index is 12.1. The quantitative estimate of drug-likeness (QED) is 0.527. The van der Waals surface area contributed by atoms with Gasteiger partial charge in [-0.1, -0.05) is 30.3 Å². The summed E-state index contributed by atoms with van der Waals surface area (Å²) >= 11 is 0. The third-order valence-electron chi connectivity index (χ3n) is 2.42. The van der Waals surface area contributed by atoms with E-state index < -0.39 is 0 Å². The monoisotopic (exact) mass is 201 g/mol. The lowest BCUT2D eigenvalue weighted by Crippen LogP contribution is -2.35. The van der Waals surface area contributed by atoms with E-state index in [9.17, 15) is 4.79 Å². The van der Waals surface area contributed by atoms with E-state index in [0.29, 0.717) is 5.82 Å². The molecule has 0 saturated carbocycles. The maximum Gasteiger partial charge on any atom is 0.330 e. The van der Waals surface area contributed by atoms with Crippen LogP contribution in [-0.4, -0.2) is 10.4 Å². The second kappa shape index (κ2) is 3.69. The van der Waals surface area contributed by atoms with Crippen molar-refractivity contribution in [3.8, 4) is 0 Å². The molecular weight excluding hydrogens is 188 g/mol. The smallest absolute Gasteiger partial charge is 0.280 e. The summed E-state index contributed by atoms with van der Waals surface area (Å²) in [4.78, 5) is 12.1. The molecule has 3 nitrogen and oxygen atoms in total. The lowest BCUT2D eigenvalue weighted by Gasteiger charge is -1.97. The first kappa shape index (κ1) is 9.65. The van der Waals surface area contributed by atoms with Crippen molar-refractivity contribution in [1.29, 1.82) is 0 Å². The average Bonchev–Trinajstić information content (AvgIpc) is 2.59. The molecule has 0 bridgehead atoms. The van der Waals surface area contributed by atoms with Crippen molar-refractivity contribution < 1.29 is 9.36 Å². The predicted octanol–water partition coefficient (Wildman–Crippen LogP) is 1.08. The fraction of sp³-hybridized carbons (Fsp3) is 0.167. The van der Waals surface area contributed by atoms with Crippen LogP contribution < -0.4 is 4.57 Å². The first-order valence-corrected chi connectivity index (χ1v) is 4.81. The van der Waals surface area contributed by atoms with Gasteiger partial charge in [0.05, 0.1) is 14.1 Å². The number of carbonyl (C=O) groups is 1. The topological polar surface area (TPSA) is 25.9 Å². The van der Waals surface area contributed by atoms with Crippen molar-refractivity contribution in [2.75, 3.05) is 0 Å². The molecular formula is C12H13N2O+. The minimum atomic E-state index is 0.0469. The molecule has 0 atom stereocenters. The van der Waals surface area contributed by atoms with Gasteiger partial charge < -0.3 is 0 Å². The number of ketones is 1. The number of nitrogens with zero attached hydrogens (tertiary/aromatic N) is 2. The first-order chi connectivity index (χ1) is 7.20. The largest absolute Gasteiger partial charge is 0.330 e. The molecule has 2 rings (SSSR count). The van der Waals surface area contributed by atoms with Crippen molar-refractivity contribution in [2.24, 2.45) is 14.1 Å². The molecule has 1 heterocycles. The van der Waals surface area contributed by atoms with E-state index in [1.165, 1.54) is 0 Å². The molecule has 0 N–H and O–H groups in total. The third-order valence-corrected chi connectivity index (χ3v) is 2.42. The van der Waals surface area contributed by atoms with Crippen LogP contribution in [0.4, 0.5) is 0 Å². The Morgan fingerprint density at radius 3 is 2.47 bits per heavy atom. The van der Waals surface area contributed by atoms with Crippen LogP contribution in [0.1, 0.15) is 16.2 Å². The number of imidazole rings is 1. The van der Waals surface area contributed by atoms with E-state index in [1.807, 2.05) is 66.0 Å². The first-order valence-electron chi connectivity index (χ1n) is 4.81. The minimum Gasteiger partial charge on any atom is -0.280 e. The van der Waals surface area contributed by atoms with Gasteiger partial charge in [0, 0.05) is 5.56 Å². The van der Waals surface area contributed by atoms with Gasteiger partial charge in [-0.25, -0.2) is 9.13 Å². The van der Waals surface area contributed by atoms with Gasteiger partial charge in [-0.2, -0.15) is 0 Å². The Hall–Kier alpha value is -1.90. The summed E-state index contributed by atoms with van der Waals surface area (Å²) in [6.07, 6.45) is 3.74. The molecule has 2 aromatic rings. The molecule has 0 spiro atoms. The number of hydrogen-bond acceptors (Lipinski definition) is 1. The molecule has 1 aromatic heterocycles. The summed E-state index contributed by atoms with van der Waals surface area (Å²) in [5.41, 5.74) is 0.718. The van der Waals surface area contributed by atoms with Crippen molar-refractivity contribution in [3.05, 3.63) is 54.1 Å². The Balaban J connectivity index is 2.46. The fourth-order valence-corrected chi connectivity index (χ4v) is 1.63. The number of hydrogen-bond donors (Lipinski definition) is 0. The molecule has 0 fully saturated rings. The van der Waals surface area contributed by atoms with Crippen molar-refractivity contribution in [2.45, 2.75) is 0 Å². The molecule has 0 amide bonds. The van der Waals surface area contributed by atoms with E-state index in [-0.39, 0.29) is 5.78 Å².